The van der Waals surface area contributed by atoms with Crippen LogP contribution in [0, 0.1) is 0 Å². The Hall–Kier alpha value is -2.08. The molecule has 0 saturated heterocycles. The molecule has 6 heteroatoms. The quantitative estimate of drug-likeness (QED) is 0.774. The maximum atomic E-state index is 11.4. The zero-order valence-electron chi connectivity index (χ0n) is 12.1. The number of amides is 2. The summed E-state index contributed by atoms with van der Waals surface area (Å²) >= 11 is 0. The minimum Gasteiger partial charge on any atom is -0.484 e. The van der Waals surface area contributed by atoms with E-state index in [0.29, 0.717) is 12.3 Å². The van der Waals surface area contributed by atoms with Gasteiger partial charge in [-0.25, -0.2) is 0 Å². The average Bonchev–Trinajstić information content (AvgIpc) is 2.42. The highest BCUT2D eigenvalue weighted by molar-refractivity contribution is 5.80. The monoisotopic (exact) mass is 279 g/mol. The third kappa shape index (κ3) is 5.27. The Morgan fingerprint density at radius 2 is 2.10 bits per heavy atom. The van der Waals surface area contributed by atoms with Gasteiger partial charge in [0.15, 0.2) is 6.61 Å². The van der Waals surface area contributed by atoms with Crippen LogP contribution in [0.25, 0.3) is 0 Å². The lowest BCUT2D eigenvalue weighted by molar-refractivity contribution is -0.130. The summed E-state index contributed by atoms with van der Waals surface area (Å²) in [4.78, 5) is 24.3. The molecule has 0 bridgehead atoms. The average molecular weight is 279 g/mol. The molecule has 1 aromatic rings. The van der Waals surface area contributed by atoms with Crippen LogP contribution in [-0.2, 0) is 16.1 Å². The van der Waals surface area contributed by atoms with Gasteiger partial charge in [0.2, 0.25) is 5.91 Å². The maximum absolute atomic E-state index is 11.4. The maximum Gasteiger partial charge on any atom is 0.259 e. The van der Waals surface area contributed by atoms with Crippen molar-refractivity contribution < 1.29 is 14.3 Å². The van der Waals surface area contributed by atoms with Gasteiger partial charge in [-0.1, -0.05) is 12.1 Å². The third-order valence-electron chi connectivity index (χ3n) is 2.64. The van der Waals surface area contributed by atoms with Crippen LogP contribution in [0.4, 0.5) is 0 Å². The first kappa shape index (κ1) is 16.0. The summed E-state index contributed by atoms with van der Waals surface area (Å²) in [6, 6.07) is 6.68. The fourth-order valence-corrected chi connectivity index (χ4v) is 1.37. The molecule has 6 nitrogen and oxygen atoms in total. The summed E-state index contributed by atoms with van der Waals surface area (Å²) in [5.41, 5.74) is 6.34. The minimum atomic E-state index is -0.535. The van der Waals surface area contributed by atoms with Gasteiger partial charge in [-0.15, -0.1) is 0 Å². The van der Waals surface area contributed by atoms with Crippen molar-refractivity contribution in [3.8, 4) is 5.75 Å². The van der Waals surface area contributed by atoms with Gasteiger partial charge in [0.1, 0.15) is 5.75 Å². The number of nitrogens with two attached hydrogens (primary N) is 1. The second-order valence-electron chi connectivity index (χ2n) is 4.73. The summed E-state index contributed by atoms with van der Waals surface area (Å²) in [7, 11) is 3.34. The van der Waals surface area contributed by atoms with Gasteiger partial charge in [0.25, 0.3) is 5.91 Å². The van der Waals surface area contributed by atoms with E-state index in [1.54, 1.807) is 33.2 Å². The molecule has 20 heavy (non-hydrogen) atoms. The van der Waals surface area contributed by atoms with Crippen molar-refractivity contribution in [3.05, 3.63) is 29.8 Å². The van der Waals surface area contributed by atoms with Crippen LogP contribution >= 0.6 is 0 Å². The number of hydrogen-bond donors (Lipinski definition) is 2. The molecule has 0 saturated carbocycles. The Kier molecular flexibility index (Phi) is 5.99. The van der Waals surface area contributed by atoms with E-state index >= 15 is 0 Å². The first-order valence-corrected chi connectivity index (χ1v) is 6.35. The van der Waals surface area contributed by atoms with Crippen LogP contribution in [0.2, 0.25) is 0 Å². The Morgan fingerprint density at radius 1 is 1.40 bits per heavy atom. The van der Waals surface area contributed by atoms with Crippen LogP contribution in [-0.4, -0.2) is 43.5 Å². The number of ether oxygens (including phenoxy) is 1. The number of carbonyl (C=O) groups excluding carboxylic acids is 2. The molecule has 110 valence electrons. The number of carbonyl (C=O) groups is 2. The second-order valence-corrected chi connectivity index (χ2v) is 4.73. The Bertz CT molecular complexity index is 433. The number of likely N-dealkylation sites (N-methyl/N-ethyl adjacent to an activating group) is 1. The fourth-order valence-electron chi connectivity index (χ4n) is 1.37. The van der Waals surface area contributed by atoms with E-state index in [1.807, 2.05) is 12.1 Å². The minimum absolute atomic E-state index is 0.0113. The highest BCUT2D eigenvalue weighted by Gasteiger charge is 2.07. The summed E-state index contributed by atoms with van der Waals surface area (Å²) in [6.07, 6.45) is 0. The highest BCUT2D eigenvalue weighted by atomic mass is 16.5. The standard InChI is InChI=1S/C14H21N3O3/c1-10(15)14(19)16-8-11-5-4-6-12(7-11)20-9-13(18)17(2)3/h4-7,10H,8-9,15H2,1-3H3,(H,16,19)/t10-/m0/s1. The van der Waals surface area contributed by atoms with Gasteiger partial charge in [0.05, 0.1) is 6.04 Å². The van der Waals surface area contributed by atoms with Crippen molar-refractivity contribution in [2.75, 3.05) is 20.7 Å². The van der Waals surface area contributed by atoms with Gasteiger partial charge in [-0.2, -0.15) is 0 Å². The molecule has 0 spiro atoms. The Morgan fingerprint density at radius 3 is 2.70 bits per heavy atom. The molecule has 0 aliphatic rings. The number of rotatable bonds is 6. The second kappa shape index (κ2) is 7.49. The lowest BCUT2D eigenvalue weighted by Crippen LogP contribution is -2.37. The van der Waals surface area contributed by atoms with E-state index in [-0.39, 0.29) is 18.4 Å². The van der Waals surface area contributed by atoms with Crippen LogP contribution in [0.5, 0.6) is 5.75 Å². The molecular weight excluding hydrogens is 258 g/mol. The molecule has 1 atom stereocenters. The van der Waals surface area contributed by atoms with Gasteiger partial charge in [-0.05, 0) is 24.6 Å². The molecule has 0 unspecified atom stereocenters. The van der Waals surface area contributed by atoms with Crippen LogP contribution in [0.3, 0.4) is 0 Å². The van der Waals surface area contributed by atoms with Crippen LogP contribution in [0.1, 0.15) is 12.5 Å². The summed E-state index contributed by atoms with van der Waals surface area (Å²) in [6.45, 7) is 1.99. The first-order valence-electron chi connectivity index (χ1n) is 6.35. The number of hydrogen-bond acceptors (Lipinski definition) is 4. The largest absolute Gasteiger partial charge is 0.484 e. The fraction of sp³-hybridized carbons (Fsp3) is 0.429. The molecule has 1 rings (SSSR count). The molecule has 0 aliphatic heterocycles. The molecule has 0 fully saturated rings. The smallest absolute Gasteiger partial charge is 0.259 e. The van der Waals surface area contributed by atoms with Crippen molar-refractivity contribution >= 4 is 11.8 Å². The number of nitrogens with one attached hydrogen (secondary N) is 1. The molecule has 1 aromatic carbocycles. The van der Waals surface area contributed by atoms with Gasteiger partial charge in [-0.3, -0.25) is 9.59 Å². The van der Waals surface area contributed by atoms with Gasteiger partial charge < -0.3 is 20.7 Å². The molecular formula is C14H21N3O3. The third-order valence-corrected chi connectivity index (χ3v) is 2.64. The predicted molar refractivity (Wildman–Crippen MR) is 76.1 cm³/mol. The van der Waals surface area contributed by atoms with Crippen molar-refractivity contribution in [1.82, 2.24) is 10.2 Å². The topological polar surface area (TPSA) is 84.7 Å². The van der Waals surface area contributed by atoms with Crippen molar-refractivity contribution in [2.45, 2.75) is 19.5 Å². The Balaban J connectivity index is 2.53. The lowest BCUT2D eigenvalue weighted by atomic mass is 10.2. The van der Waals surface area contributed by atoms with E-state index in [9.17, 15) is 9.59 Å². The molecule has 0 heterocycles. The SMILES string of the molecule is C[C@H](N)C(=O)NCc1cccc(OCC(=O)N(C)C)c1. The summed E-state index contributed by atoms with van der Waals surface area (Å²) in [5, 5.41) is 2.71. The zero-order chi connectivity index (χ0) is 15.1. The Labute approximate surface area is 118 Å². The van der Waals surface area contributed by atoms with Crippen molar-refractivity contribution in [2.24, 2.45) is 5.73 Å². The number of benzene rings is 1. The lowest BCUT2D eigenvalue weighted by Gasteiger charge is -2.12. The normalized spacial score (nSPS) is 11.6. The van der Waals surface area contributed by atoms with Gasteiger partial charge in [0, 0.05) is 20.6 Å². The molecule has 0 radical (unpaired) electrons. The summed E-state index contributed by atoms with van der Waals surface area (Å²) in [5.74, 6) is 0.271. The molecule has 3 N–H and O–H groups in total. The molecule has 0 aliphatic carbocycles. The molecule has 0 aromatic heterocycles. The highest BCUT2D eigenvalue weighted by Crippen LogP contribution is 2.13. The van der Waals surface area contributed by atoms with Gasteiger partial charge >= 0.3 is 0 Å². The van der Waals surface area contributed by atoms with Crippen molar-refractivity contribution in [3.63, 3.8) is 0 Å². The van der Waals surface area contributed by atoms with E-state index < -0.39 is 6.04 Å². The van der Waals surface area contributed by atoms with Crippen LogP contribution < -0.4 is 15.8 Å². The zero-order valence-corrected chi connectivity index (χ0v) is 12.1. The summed E-state index contributed by atoms with van der Waals surface area (Å²) < 4.78 is 5.40. The van der Waals surface area contributed by atoms with E-state index in [0.717, 1.165) is 5.56 Å². The van der Waals surface area contributed by atoms with E-state index in [2.05, 4.69) is 5.32 Å². The van der Waals surface area contributed by atoms with Crippen molar-refractivity contribution in [1.29, 1.82) is 0 Å². The van der Waals surface area contributed by atoms with E-state index in [4.69, 9.17) is 10.5 Å². The van der Waals surface area contributed by atoms with Crippen LogP contribution in [0.15, 0.2) is 24.3 Å². The first-order chi connectivity index (χ1) is 9.40. The predicted octanol–water partition coefficient (Wildman–Crippen LogP) is 0.117. The number of nitrogens with zero attached hydrogens (tertiary/aromatic N) is 1. The molecule has 2 amide bonds. The van der Waals surface area contributed by atoms with E-state index in [1.165, 1.54) is 4.90 Å².